The number of rotatable bonds is 10. The van der Waals surface area contributed by atoms with Crippen LogP contribution in [0, 0.1) is 0 Å². The maximum atomic E-state index is 12.8. The first-order chi connectivity index (χ1) is 18.4. The van der Waals surface area contributed by atoms with Crippen molar-refractivity contribution in [2.24, 2.45) is 0 Å². The Hall–Kier alpha value is -2.16. The zero-order valence-electron chi connectivity index (χ0n) is 23.6. The van der Waals surface area contributed by atoms with Crippen molar-refractivity contribution in [1.29, 1.82) is 0 Å². The smallest absolute Gasteiger partial charge is 0.224 e. The molecule has 1 atom stereocenters. The third-order valence-corrected chi connectivity index (χ3v) is 13.2. The lowest BCUT2D eigenvalue weighted by Gasteiger charge is -2.36. The van der Waals surface area contributed by atoms with E-state index in [2.05, 4.69) is 49.4 Å². The number of nitrogens with one attached hydrogen (secondary N) is 2. The van der Waals surface area contributed by atoms with Gasteiger partial charge in [-0.2, -0.15) is 0 Å². The molecule has 3 aromatic rings. The molecule has 0 unspecified atom stereocenters. The number of carbonyl (C=O) groups excluding carboxylic acids is 1. The lowest BCUT2D eigenvalue weighted by Crippen LogP contribution is -2.43. The van der Waals surface area contributed by atoms with Crippen molar-refractivity contribution in [3.8, 4) is 0 Å². The Morgan fingerprint density at radius 3 is 2.62 bits per heavy atom. The average Bonchev–Trinajstić information content (AvgIpc) is 3.36. The van der Waals surface area contributed by atoms with Gasteiger partial charge in [0.1, 0.15) is 5.82 Å². The number of aryl methyl sites for hydroxylation is 1. The second kappa shape index (κ2) is 12.6. The molecule has 39 heavy (non-hydrogen) atoms. The third kappa shape index (κ3) is 7.53. The van der Waals surface area contributed by atoms with E-state index in [-0.39, 0.29) is 10.9 Å². The topological polar surface area (TPSA) is 66.5 Å². The van der Waals surface area contributed by atoms with Gasteiger partial charge >= 0.3 is 0 Å². The molecular formula is C30H40Cl2N4O2Si. The molecule has 2 heterocycles. The molecule has 210 valence electrons. The highest BCUT2D eigenvalue weighted by Gasteiger charge is 2.37. The second-order valence-electron chi connectivity index (χ2n) is 11.8. The Morgan fingerprint density at radius 1 is 1.10 bits per heavy atom. The second-order valence-corrected chi connectivity index (χ2v) is 17.4. The molecule has 9 heteroatoms. The maximum Gasteiger partial charge on any atom is 0.224 e. The quantitative estimate of drug-likeness (QED) is 0.193. The van der Waals surface area contributed by atoms with E-state index in [1.807, 2.05) is 42.5 Å². The summed E-state index contributed by atoms with van der Waals surface area (Å²) in [5.74, 6) is 0.821. The lowest BCUT2D eigenvalue weighted by molar-refractivity contribution is -0.116. The van der Waals surface area contributed by atoms with E-state index in [0.29, 0.717) is 34.6 Å². The van der Waals surface area contributed by atoms with E-state index < -0.39 is 8.32 Å². The number of hydrogen-bond acceptors (Lipinski definition) is 5. The Morgan fingerprint density at radius 2 is 1.87 bits per heavy atom. The summed E-state index contributed by atoms with van der Waals surface area (Å²) in [7, 11) is -1.72. The largest absolute Gasteiger partial charge is 0.416 e. The SMILES string of the molecule is CC(C)(C)[Si](C)(C)OCCN[C@H]1CCN(c2ccc3c(NC(=O)CCc4ccccc4Cl)c(Cl)ccc3n2)C1. The van der Waals surface area contributed by atoms with Crippen LogP contribution >= 0.6 is 23.2 Å². The highest BCUT2D eigenvalue weighted by atomic mass is 35.5. The zero-order chi connectivity index (χ0) is 28.2. The number of anilines is 2. The fraction of sp³-hybridized carbons (Fsp3) is 0.467. The van der Waals surface area contributed by atoms with Gasteiger partial charge in [0.2, 0.25) is 5.91 Å². The fourth-order valence-corrected chi connectivity index (χ4v) is 6.03. The third-order valence-electron chi connectivity index (χ3n) is 7.97. The molecule has 1 aromatic heterocycles. The highest BCUT2D eigenvalue weighted by Crippen LogP contribution is 2.36. The number of benzene rings is 2. The van der Waals surface area contributed by atoms with Crippen LogP contribution in [0.3, 0.4) is 0 Å². The molecule has 0 saturated carbocycles. The molecule has 1 saturated heterocycles. The van der Waals surface area contributed by atoms with Gasteiger partial charge in [-0.05, 0) is 66.9 Å². The van der Waals surface area contributed by atoms with Crippen molar-refractivity contribution in [3.63, 3.8) is 0 Å². The van der Waals surface area contributed by atoms with Gasteiger partial charge in [-0.15, -0.1) is 0 Å². The number of fused-ring (bicyclic) bond motifs is 1. The van der Waals surface area contributed by atoms with Gasteiger partial charge in [0, 0.05) is 49.1 Å². The summed E-state index contributed by atoms with van der Waals surface area (Å²) in [5, 5.41) is 8.88. The Balaban J connectivity index is 1.34. The van der Waals surface area contributed by atoms with E-state index in [9.17, 15) is 4.79 Å². The first-order valence-corrected chi connectivity index (χ1v) is 17.4. The van der Waals surface area contributed by atoms with Gasteiger partial charge in [-0.3, -0.25) is 4.79 Å². The summed E-state index contributed by atoms with van der Waals surface area (Å²) in [6, 6.07) is 15.7. The van der Waals surface area contributed by atoms with Crippen molar-refractivity contribution in [3.05, 3.63) is 64.1 Å². The van der Waals surface area contributed by atoms with E-state index in [0.717, 1.165) is 54.9 Å². The van der Waals surface area contributed by atoms with Gasteiger partial charge in [0.05, 0.1) is 16.2 Å². The number of aromatic nitrogens is 1. The van der Waals surface area contributed by atoms with E-state index in [1.165, 1.54) is 0 Å². The molecule has 0 bridgehead atoms. The molecule has 0 radical (unpaired) electrons. The summed E-state index contributed by atoms with van der Waals surface area (Å²) in [6.07, 6.45) is 1.93. The molecule has 2 N–H and O–H groups in total. The van der Waals surface area contributed by atoms with Crippen LogP contribution < -0.4 is 15.5 Å². The number of hydrogen-bond donors (Lipinski definition) is 2. The van der Waals surface area contributed by atoms with Crippen LogP contribution in [0.25, 0.3) is 10.9 Å². The predicted molar refractivity (Wildman–Crippen MR) is 167 cm³/mol. The standard InChI is InChI=1S/C30H40Cl2N4O2Si/c1-30(2,3)39(4,5)38-19-17-33-22-16-18-36(20-22)27-14-11-23-26(34-27)13-12-25(32)29(23)35-28(37)15-10-21-8-6-7-9-24(21)31/h6-9,11-14,22,33H,10,15-20H2,1-5H3,(H,35,37)/t22-/m0/s1. The molecule has 0 aliphatic carbocycles. The minimum Gasteiger partial charge on any atom is -0.416 e. The number of nitrogens with zero attached hydrogens (tertiary/aromatic N) is 2. The monoisotopic (exact) mass is 586 g/mol. The van der Waals surface area contributed by atoms with Crippen LogP contribution in [0.2, 0.25) is 28.2 Å². The zero-order valence-corrected chi connectivity index (χ0v) is 26.1. The van der Waals surface area contributed by atoms with Crippen molar-refractivity contribution < 1.29 is 9.22 Å². The molecule has 0 spiro atoms. The first kappa shape index (κ1) is 29.8. The van der Waals surface area contributed by atoms with Gasteiger partial charge in [0.15, 0.2) is 8.32 Å². The molecule has 1 fully saturated rings. The summed E-state index contributed by atoms with van der Waals surface area (Å²) in [6.45, 7) is 14.8. The summed E-state index contributed by atoms with van der Waals surface area (Å²) in [4.78, 5) is 20.0. The number of amides is 1. The number of halogens is 2. The molecular weight excluding hydrogens is 547 g/mol. The van der Waals surface area contributed by atoms with Crippen LogP contribution in [0.5, 0.6) is 0 Å². The van der Waals surface area contributed by atoms with Crippen LogP contribution in [0.15, 0.2) is 48.5 Å². The fourth-order valence-electron chi connectivity index (χ4n) is 4.54. The van der Waals surface area contributed by atoms with Crippen molar-refractivity contribution >= 4 is 59.8 Å². The van der Waals surface area contributed by atoms with Crippen LogP contribution in [0.1, 0.15) is 39.2 Å². The summed E-state index contributed by atoms with van der Waals surface area (Å²) < 4.78 is 6.31. The van der Waals surface area contributed by atoms with Crippen LogP contribution in [-0.2, 0) is 15.6 Å². The predicted octanol–water partition coefficient (Wildman–Crippen LogP) is 7.30. The van der Waals surface area contributed by atoms with Crippen molar-refractivity contribution in [2.45, 2.75) is 64.2 Å². The summed E-state index contributed by atoms with van der Waals surface area (Å²) in [5.41, 5.74) is 2.35. The molecule has 1 aliphatic heterocycles. The maximum absolute atomic E-state index is 12.8. The number of pyridine rings is 1. The molecule has 6 nitrogen and oxygen atoms in total. The minimum atomic E-state index is -1.72. The highest BCUT2D eigenvalue weighted by molar-refractivity contribution is 6.74. The Labute approximate surface area is 243 Å². The van der Waals surface area contributed by atoms with Gasteiger partial charge in [-0.25, -0.2) is 4.98 Å². The first-order valence-electron chi connectivity index (χ1n) is 13.7. The molecule has 2 aromatic carbocycles. The van der Waals surface area contributed by atoms with Crippen LogP contribution in [0.4, 0.5) is 11.5 Å². The van der Waals surface area contributed by atoms with Gasteiger partial charge in [0.25, 0.3) is 0 Å². The van der Waals surface area contributed by atoms with E-state index in [1.54, 1.807) is 6.07 Å². The molecule has 1 amide bonds. The summed E-state index contributed by atoms with van der Waals surface area (Å²) >= 11 is 12.7. The normalized spacial score (nSPS) is 16.2. The van der Waals surface area contributed by atoms with Crippen LogP contribution in [-0.4, -0.2) is 51.5 Å². The van der Waals surface area contributed by atoms with Crippen molar-refractivity contribution in [1.82, 2.24) is 10.3 Å². The number of carbonyl (C=O) groups is 1. The van der Waals surface area contributed by atoms with Gasteiger partial charge < -0.3 is 20.0 Å². The molecule has 1 aliphatic rings. The van der Waals surface area contributed by atoms with E-state index >= 15 is 0 Å². The van der Waals surface area contributed by atoms with E-state index in [4.69, 9.17) is 32.6 Å². The lowest BCUT2D eigenvalue weighted by atomic mass is 10.1. The minimum absolute atomic E-state index is 0.112. The molecule has 4 rings (SSSR count). The Bertz CT molecular complexity index is 1310. The average molecular weight is 588 g/mol. The Kier molecular flexibility index (Phi) is 9.60. The van der Waals surface area contributed by atoms with Crippen molar-refractivity contribution in [2.75, 3.05) is 36.5 Å². The van der Waals surface area contributed by atoms with Gasteiger partial charge in [-0.1, -0.05) is 62.2 Å².